The highest BCUT2D eigenvalue weighted by Crippen LogP contribution is 2.20. The highest BCUT2D eigenvalue weighted by atomic mass is 16.2. The fraction of sp³-hybridized carbons (Fsp3) is 0.133. The van der Waals surface area contributed by atoms with E-state index in [-0.39, 0.29) is 24.6 Å². The minimum atomic E-state index is -0.458. The quantitative estimate of drug-likeness (QED) is 0.818. The van der Waals surface area contributed by atoms with Crippen LogP contribution < -0.4 is 10.9 Å². The summed E-state index contributed by atoms with van der Waals surface area (Å²) in [6.45, 7) is 0.198. The maximum Gasteiger partial charge on any atom is 0.260 e. The number of fused-ring (bicyclic) bond motifs is 1. The second-order valence-electron chi connectivity index (χ2n) is 4.78. The molecule has 0 atom stereocenters. The van der Waals surface area contributed by atoms with E-state index >= 15 is 0 Å². The minimum Gasteiger partial charge on any atom is -0.328 e. The van der Waals surface area contributed by atoms with E-state index in [4.69, 9.17) is 0 Å². The number of H-pyrrole nitrogens is 1. The van der Waals surface area contributed by atoms with Gasteiger partial charge in [-0.15, -0.1) is 0 Å². The summed E-state index contributed by atoms with van der Waals surface area (Å²) in [6.07, 6.45) is 1.46. The number of aromatic nitrogens is 1. The SMILES string of the molecule is O=C1CN(C(=O)c2ccc[nH]c2=O)Cc2ccccc2N1. The number of hydrogen-bond donors (Lipinski definition) is 2. The van der Waals surface area contributed by atoms with Crippen molar-refractivity contribution in [3.8, 4) is 0 Å². The van der Waals surface area contributed by atoms with Crippen molar-refractivity contribution in [2.45, 2.75) is 6.54 Å². The van der Waals surface area contributed by atoms with E-state index in [1.54, 1.807) is 12.1 Å². The van der Waals surface area contributed by atoms with E-state index in [1.165, 1.54) is 17.2 Å². The molecule has 0 saturated heterocycles. The molecule has 6 heteroatoms. The van der Waals surface area contributed by atoms with Gasteiger partial charge in [0.15, 0.2) is 0 Å². The first-order chi connectivity index (χ1) is 10.1. The molecule has 0 fully saturated rings. The molecule has 0 aliphatic carbocycles. The van der Waals surface area contributed by atoms with Gasteiger partial charge in [0.2, 0.25) is 5.91 Å². The molecule has 21 heavy (non-hydrogen) atoms. The lowest BCUT2D eigenvalue weighted by Gasteiger charge is -2.19. The minimum absolute atomic E-state index is 0.0321. The number of aromatic amines is 1. The summed E-state index contributed by atoms with van der Waals surface area (Å²) in [4.78, 5) is 39.9. The molecule has 0 spiro atoms. The number of amides is 2. The van der Waals surface area contributed by atoms with Gasteiger partial charge in [-0.1, -0.05) is 18.2 Å². The molecule has 0 unspecified atom stereocenters. The molecule has 0 radical (unpaired) electrons. The molecule has 6 nitrogen and oxygen atoms in total. The lowest BCUT2D eigenvalue weighted by Crippen LogP contribution is -2.37. The molecular formula is C15H13N3O3. The molecule has 106 valence electrons. The Morgan fingerprint density at radius 1 is 1.05 bits per heavy atom. The van der Waals surface area contributed by atoms with Gasteiger partial charge in [-0.3, -0.25) is 14.4 Å². The largest absolute Gasteiger partial charge is 0.328 e. The Hall–Kier alpha value is -2.89. The van der Waals surface area contributed by atoms with Gasteiger partial charge in [0, 0.05) is 18.4 Å². The van der Waals surface area contributed by atoms with Crippen molar-refractivity contribution >= 4 is 17.5 Å². The number of pyridine rings is 1. The molecule has 1 aromatic carbocycles. The van der Waals surface area contributed by atoms with Crippen LogP contribution in [0.15, 0.2) is 47.4 Å². The van der Waals surface area contributed by atoms with Crippen molar-refractivity contribution in [1.82, 2.24) is 9.88 Å². The summed E-state index contributed by atoms with van der Waals surface area (Å²) in [5, 5.41) is 2.75. The fourth-order valence-electron chi connectivity index (χ4n) is 2.31. The lowest BCUT2D eigenvalue weighted by atomic mass is 10.1. The Bertz CT molecular complexity index is 767. The number of nitrogens with one attached hydrogen (secondary N) is 2. The fourth-order valence-corrected chi connectivity index (χ4v) is 2.31. The predicted molar refractivity (Wildman–Crippen MR) is 76.9 cm³/mol. The van der Waals surface area contributed by atoms with Crippen LogP contribution in [0.2, 0.25) is 0 Å². The van der Waals surface area contributed by atoms with E-state index in [2.05, 4.69) is 10.3 Å². The van der Waals surface area contributed by atoms with Crippen molar-refractivity contribution in [1.29, 1.82) is 0 Å². The van der Waals surface area contributed by atoms with E-state index in [0.29, 0.717) is 5.69 Å². The molecule has 1 aliphatic rings. The van der Waals surface area contributed by atoms with E-state index in [0.717, 1.165) is 5.56 Å². The van der Waals surface area contributed by atoms with Crippen molar-refractivity contribution in [3.05, 3.63) is 64.1 Å². The third kappa shape index (κ3) is 2.55. The molecule has 1 aliphatic heterocycles. The smallest absolute Gasteiger partial charge is 0.260 e. The Balaban J connectivity index is 1.96. The number of nitrogens with zero attached hydrogens (tertiary/aromatic N) is 1. The zero-order valence-corrected chi connectivity index (χ0v) is 11.1. The Morgan fingerprint density at radius 2 is 1.86 bits per heavy atom. The number of anilines is 1. The van der Waals surface area contributed by atoms with Crippen LogP contribution in [-0.4, -0.2) is 28.2 Å². The van der Waals surface area contributed by atoms with Crippen LogP contribution in [0.25, 0.3) is 0 Å². The summed E-state index contributed by atoms with van der Waals surface area (Å²) in [5.41, 5.74) is 1.11. The topological polar surface area (TPSA) is 82.3 Å². The van der Waals surface area contributed by atoms with Crippen LogP contribution in [0.4, 0.5) is 5.69 Å². The molecule has 1 aromatic heterocycles. The van der Waals surface area contributed by atoms with Gasteiger partial charge in [-0.2, -0.15) is 0 Å². The van der Waals surface area contributed by atoms with Gasteiger partial charge in [0.1, 0.15) is 12.1 Å². The number of para-hydroxylation sites is 1. The van der Waals surface area contributed by atoms with Gasteiger partial charge in [0.05, 0.1) is 0 Å². The Labute approximate surface area is 120 Å². The number of carbonyl (C=O) groups is 2. The second-order valence-corrected chi connectivity index (χ2v) is 4.78. The summed E-state index contributed by atoms with van der Waals surface area (Å²) < 4.78 is 0. The summed E-state index contributed by atoms with van der Waals surface area (Å²) >= 11 is 0. The third-order valence-electron chi connectivity index (χ3n) is 3.32. The molecule has 2 amide bonds. The first-order valence-corrected chi connectivity index (χ1v) is 6.50. The van der Waals surface area contributed by atoms with Crippen LogP contribution >= 0.6 is 0 Å². The molecule has 0 bridgehead atoms. The van der Waals surface area contributed by atoms with Gasteiger partial charge in [0.25, 0.3) is 11.5 Å². The zero-order valence-electron chi connectivity index (χ0n) is 11.1. The summed E-state index contributed by atoms with van der Waals surface area (Å²) in [6, 6.07) is 10.3. The van der Waals surface area contributed by atoms with Crippen LogP contribution in [0.5, 0.6) is 0 Å². The second kappa shape index (κ2) is 5.24. The van der Waals surface area contributed by atoms with Crippen LogP contribution in [0.3, 0.4) is 0 Å². The molecule has 2 aromatic rings. The normalized spacial score (nSPS) is 14.1. The Morgan fingerprint density at radius 3 is 2.67 bits per heavy atom. The predicted octanol–water partition coefficient (Wildman–Crippen LogP) is 0.969. The average molecular weight is 283 g/mol. The number of benzene rings is 1. The number of rotatable bonds is 1. The van der Waals surface area contributed by atoms with Crippen LogP contribution in [0.1, 0.15) is 15.9 Å². The molecule has 2 heterocycles. The Kier molecular flexibility index (Phi) is 3.27. The monoisotopic (exact) mass is 283 g/mol. The maximum atomic E-state index is 12.5. The maximum absolute atomic E-state index is 12.5. The van der Waals surface area contributed by atoms with Gasteiger partial charge in [-0.05, 0) is 23.8 Å². The molecule has 2 N–H and O–H groups in total. The van der Waals surface area contributed by atoms with Crippen molar-refractivity contribution in [2.24, 2.45) is 0 Å². The van der Waals surface area contributed by atoms with E-state index < -0.39 is 11.5 Å². The van der Waals surface area contributed by atoms with Crippen molar-refractivity contribution in [2.75, 3.05) is 11.9 Å². The first kappa shape index (κ1) is 13.1. The summed E-state index contributed by atoms with van der Waals surface area (Å²) in [5.74, 6) is -0.732. The van der Waals surface area contributed by atoms with Crippen LogP contribution in [-0.2, 0) is 11.3 Å². The summed E-state index contributed by atoms with van der Waals surface area (Å²) in [7, 11) is 0. The molecular weight excluding hydrogens is 270 g/mol. The van der Waals surface area contributed by atoms with Crippen molar-refractivity contribution < 1.29 is 9.59 Å². The van der Waals surface area contributed by atoms with Gasteiger partial charge in [-0.25, -0.2) is 0 Å². The third-order valence-corrected chi connectivity index (χ3v) is 3.32. The zero-order chi connectivity index (χ0) is 14.8. The number of carbonyl (C=O) groups excluding carboxylic acids is 2. The molecule has 3 rings (SSSR count). The first-order valence-electron chi connectivity index (χ1n) is 6.50. The van der Waals surface area contributed by atoms with E-state index in [1.807, 2.05) is 18.2 Å². The highest BCUT2D eigenvalue weighted by molar-refractivity contribution is 6.00. The van der Waals surface area contributed by atoms with Crippen molar-refractivity contribution in [3.63, 3.8) is 0 Å². The molecule has 0 saturated carbocycles. The van der Waals surface area contributed by atoms with E-state index in [9.17, 15) is 14.4 Å². The van der Waals surface area contributed by atoms with Crippen LogP contribution in [0, 0.1) is 0 Å². The number of hydrogen-bond acceptors (Lipinski definition) is 3. The average Bonchev–Trinajstić information content (AvgIpc) is 2.65. The van der Waals surface area contributed by atoms with Gasteiger partial charge >= 0.3 is 0 Å². The highest BCUT2D eigenvalue weighted by Gasteiger charge is 2.25. The van der Waals surface area contributed by atoms with Gasteiger partial charge < -0.3 is 15.2 Å². The lowest BCUT2D eigenvalue weighted by molar-refractivity contribution is -0.116. The standard InChI is InChI=1S/C15H13N3O3/c19-13-9-18(8-10-4-1-2-6-12(10)17-13)15(21)11-5-3-7-16-14(11)20/h1-7H,8-9H2,(H,16,20)(H,17,19).